The third-order valence-corrected chi connectivity index (χ3v) is 3.94. The minimum Gasteiger partial charge on any atom is -0.385 e. The lowest BCUT2D eigenvalue weighted by molar-refractivity contribution is 0.0511. The molecule has 1 amide bonds. The highest BCUT2D eigenvalue weighted by Crippen LogP contribution is 2.25. The smallest absolute Gasteiger partial charge is 0.254 e. The van der Waals surface area contributed by atoms with Gasteiger partial charge in [0, 0.05) is 29.9 Å². The first-order valence-electron chi connectivity index (χ1n) is 7.30. The number of rotatable bonds is 3. The number of carbonyl (C=O) groups excluding carboxylic acids is 1. The van der Waals surface area contributed by atoms with Crippen molar-refractivity contribution in [2.45, 2.75) is 52.1 Å². The molecule has 1 aromatic rings. The molecule has 1 N–H and O–H groups in total. The molecule has 1 aromatic carbocycles. The summed E-state index contributed by atoms with van der Waals surface area (Å²) in [5.74, 6) is 0.169. The molecule has 1 aliphatic heterocycles. The summed E-state index contributed by atoms with van der Waals surface area (Å²) in [6.45, 7) is 7.27. The molecule has 1 saturated heterocycles. The Morgan fingerprint density at radius 1 is 1.21 bits per heavy atom. The predicted molar refractivity (Wildman–Crippen MR) is 79.6 cm³/mol. The van der Waals surface area contributed by atoms with Crippen LogP contribution in [0.1, 0.15) is 50.4 Å². The topological polar surface area (TPSA) is 32.3 Å². The molecular formula is C16H24N2O. The first-order valence-corrected chi connectivity index (χ1v) is 7.30. The normalized spacial score (nSPS) is 23.2. The molecule has 104 valence electrons. The van der Waals surface area contributed by atoms with Crippen molar-refractivity contribution in [3.8, 4) is 0 Å². The summed E-state index contributed by atoms with van der Waals surface area (Å²) in [4.78, 5) is 14.6. The van der Waals surface area contributed by atoms with Gasteiger partial charge in [-0.2, -0.15) is 0 Å². The third-order valence-electron chi connectivity index (χ3n) is 3.94. The molecular weight excluding hydrogens is 236 g/mol. The second kappa shape index (κ2) is 6.09. The summed E-state index contributed by atoms with van der Waals surface area (Å²) in [5, 5.41) is 3.25. The number of benzene rings is 1. The second-order valence-corrected chi connectivity index (χ2v) is 5.45. The molecule has 1 heterocycles. The van der Waals surface area contributed by atoms with Crippen LogP contribution >= 0.6 is 0 Å². The highest BCUT2D eigenvalue weighted by molar-refractivity contribution is 5.95. The van der Waals surface area contributed by atoms with Gasteiger partial charge in [0.1, 0.15) is 0 Å². The van der Waals surface area contributed by atoms with Gasteiger partial charge in [-0.1, -0.05) is 0 Å². The summed E-state index contributed by atoms with van der Waals surface area (Å²) < 4.78 is 0. The number of likely N-dealkylation sites (tertiary alicyclic amines) is 1. The van der Waals surface area contributed by atoms with Gasteiger partial charge in [-0.15, -0.1) is 0 Å². The Kier molecular flexibility index (Phi) is 4.46. The minimum absolute atomic E-state index is 0.169. The maximum absolute atomic E-state index is 12.6. The van der Waals surface area contributed by atoms with E-state index in [0.717, 1.165) is 30.6 Å². The van der Waals surface area contributed by atoms with Crippen molar-refractivity contribution in [3.05, 3.63) is 29.8 Å². The summed E-state index contributed by atoms with van der Waals surface area (Å²) in [7, 11) is 0. The van der Waals surface area contributed by atoms with Gasteiger partial charge in [0.25, 0.3) is 5.91 Å². The Morgan fingerprint density at radius 2 is 1.79 bits per heavy atom. The zero-order valence-corrected chi connectivity index (χ0v) is 12.1. The van der Waals surface area contributed by atoms with Gasteiger partial charge in [0.2, 0.25) is 0 Å². The van der Waals surface area contributed by atoms with Crippen LogP contribution in [0.15, 0.2) is 24.3 Å². The molecule has 3 nitrogen and oxygen atoms in total. The van der Waals surface area contributed by atoms with Crippen LogP contribution < -0.4 is 5.32 Å². The molecule has 0 saturated carbocycles. The predicted octanol–water partition coefficient (Wildman–Crippen LogP) is 3.52. The zero-order chi connectivity index (χ0) is 13.8. The number of nitrogens with zero attached hydrogens (tertiary/aromatic N) is 1. The van der Waals surface area contributed by atoms with Gasteiger partial charge in [0.15, 0.2) is 0 Å². The molecule has 3 heteroatoms. The van der Waals surface area contributed by atoms with Crippen LogP contribution in [0.3, 0.4) is 0 Å². The number of anilines is 1. The lowest BCUT2D eigenvalue weighted by atomic mass is 9.96. The number of hydrogen-bond acceptors (Lipinski definition) is 2. The van der Waals surface area contributed by atoms with Gasteiger partial charge in [0.05, 0.1) is 0 Å². The van der Waals surface area contributed by atoms with Crippen molar-refractivity contribution in [1.82, 2.24) is 4.90 Å². The van der Waals surface area contributed by atoms with Crippen LogP contribution in [0, 0.1) is 0 Å². The zero-order valence-electron chi connectivity index (χ0n) is 12.1. The van der Waals surface area contributed by atoms with Gasteiger partial charge in [-0.05, 0) is 64.3 Å². The van der Waals surface area contributed by atoms with Crippen LogP contribution in [0.4, 0.5) is 5.69 Å². The summed E-state index contributed by atoms with van der Waals surface area (Å²) >= 11 is 0. The Hall–Kier alpha value is -1.51. The van der Waals surface area contributed by atoms with Crippen LogP contribution in [0.5, 0.6) is 0 Å². The second-order valence-electron chi connectivity index (χ2n) is 5.45. The van der Waals surface area contributed by atoms with Crippen molar-refractivity contribution < 1.29 is 4.79 Å². The Labute approximate surface area is 116 Å². The summed E-state index contributed by atoms with van der Waals surface area (Å²) in [5.41, 5.74) is 1.86. The fraction of sp³-hybridized carbons (Fsp3) is 0.562. The van der Waals surface area contributed by atoms with Crippen molar-refractivity contribution in [3.63, 3.8) is 0 Å². The van der Waals surface area contributed by atoms with Gasteiger partial charge < -0.3 is 10.2 Å². The molecule has 0 aromatic heterocycles. The molecule has 0 radical (unpaired) electrons. The molecule has 0 bridgehead atoms. The van der Waals surface area contributed by atoms with Crippen LogP contribution in [0.25, 0.3) is 0 Å². The third kappa shape index (κ3) is 3.09. The van der Waals surface area contributed by atoms with E-state index in [1.54, 1.807) is 0 Å². The van der Waals surface area contributed by atoms with Crippen molar-refractivity contribution in [2.75, 3.05) is 11.9 Å². The fourth-order valence-corrected chi connectivity index (χ4v) is 2.91. The average Bonchev–Trinajstić information content (AvgIpc) is 2.39. The van der Waals surface area contributed by atoms with Crippen molar-refractivity contribution in [1.29, 1.82) is 0 Å². The van der Waals surface area contributed by atoms with Crippen molar-refractivity contribution >= 4 is 11.6 Å². The number of amides is 1. The van der Waals surface area contributed by atoms with Gasteiger partial charge in [-0.3, -0.25) is 4.79 Å². The average molecular weight is 260 g/mol. The molecule has 0 aliphatic carbocycles. The van der Waals surface area contributed by atoms with E-state index >= 15 is 0 Å². The van der Waals surface area contributed by atoms with Crippen LogP contribution in [0.2, 0.25) is 0 Å². The fourth-order valence-electron chi connectivity index (χ4n) is 2.91. The molecule has 0 unspecified atom stereocenters. The maximum atomic E-state index is 12.6. The van der Waals surface area contributed by atoms with E-state index < -0.39 is 0 Å². The van der Waals surface area contributed by atoms with E-state index in [4.69, 9.17) is 0 Å². The van der Waals surface area contributed by atoms with E-state index in [2.05, 4.69) is 26.1 Å². The molecule has 1 fully saturated rings. The quantitative estimate of drug-likeness (QED) is 0.901. The largest absolute Gasteiger partial charge is 0.385 e. The Bertz CT molecular complexity index is 417. The van der Waals surface area contributed by atoms with E-state index in [1.807, 2.05) is 29.2 Å². The molecule has 2 rings (SSSR count). The number of hydrogen-bond donors (Lipinski definition) is 1. The number of carbonyl (C=O) groups is 1. The van der Waals surface area contributed by atoms with Crippen LogP contribution in [-0.2, 0) is 0 Å². The molecule has 2 atom stereocenters. The number of piperidine rings is 1. The van der Waals surface area contributed by atoms with E-state index in [0.29, 0.717) is 12.1 Å². The Balaban J connectivity index is 2.13. The van der Waals surface area contributed by atoms with E-state index in [9.17, 15) is 4.79 Å². The molecule has 0 spiro atoms. The standard InChI is InChI=1S/C16H24N2O/c1-4-17-15-10-8-14(9-11-15)16(19)18-12(2)6-5-7-13(18)3/h8-13,17H,4-7H2,1-3H3/t12-,13+. The monoisotopic (exact) mass is 260 g/mol. The van der Waals surface area contributed by atoms with Crippen LogP contribution in [-0.4, -0.2) is 29.4 Å². The first-order chi connectivity index (χ1) is 9.13. The lowest BCUT2D eigenvalue weighted by Gasteiger charge is -2.39. The van der Waals surface area contributed by atoms with Crippen molar-refractivity contribution in [2.24, 2.45) is 0 Å². The summed E-state index contributed by atoms with van der Waals surface area (Å²) in [6, 6.07) is 8.52. The van der Waals surface area contributed by atoms with Gasteiger partial charge in [-0.25, -0.2) is 0 Å². The lowest BCUT2D eigenvalue weighted by Crippen LogP contribution is -2.47. The Morgan fingerprint density at radius 3 is 2.32 bits per heavy atom. The SMILES string of the molecule is CCNc1ccc(C(=O)N2[C@H](C)CCC[C@@H]2C)cc1. The number of nitrogens with one attached hydrogen (secondary N) is 1. The highest BCUT2D eigenvalue weighted by Gasteiger charge is 2.29. The minimum atomic E-state index is 0.169. The van der Waals surface area contributed by atoms with E-state index in [-0.39, 0.29) is 5.91 Å². The first kappa shape index (κ1) is 13.9. The molecule has 1 aliphatic rings. The van der Waals surface area contributed by atoms with Gasteiger partial charge >= 0.3 is 0 Å². The summed E-state index contributed by atoms with van der Waals surface area (Å²) in [6.07, 6.45) is 3.46. The molecule has 19 heavy (non-hydrogen) atoms. The maximum Gasteiger partial charge on any atom is 0.254 e. The highest BCUT2D eigenvalue weighted by atomic mass is 16.2. The van der Waals surface area contributed by atoms with E-state index in [1.165, 1.54) is 6.42 Å².